The Morgan fingerprint density at radius 2 is 2.31 bits per heavy atom. The minimum absolute atomic E-state index is 0. The number of thiocarbonyl (C=S) groups is 1. The van der Waals surface area contributed by atoms with E-state index in [0.717, 1.165) is 27.3 Å². The number of imidazole rings is 1. The van der Waals surface area contributed by atoms with Crippen LogP contribution in [0.25, 0.3) is 0 Å². The SMILES string of the molecule is CNC(=S)SCCSCc1nc[nH]c1C.Cl. The van der Waals surface area contributed by atoms with Crippen LogP contribution in [0, 0.1) is 6.92 Å². The monoisotopic (exact) mass is 297 g/mol. The zero-order chi connectivity index (χ0) is 11.1. The van der Waals surface area contributed by atoms with Crippen LogP contribution in [0.15, 0.2) is 6.33 Å². The average molecular weight is 298 g/mol. The molecule has 0 radical (unpaired) electrons. The van der Waals surface area contributed by atoms with Crippen LogP contribution in [0.5, 0.6) is 0 Å². The molecule has 1 heterocycles. The van der Waals surface area contributed by atoms with Gasteiger partial charge in [-0.1, -0.05) is 24.0 Å². The number of nitrogens with zero attached hydrogens (tertiary/aromatic N) is 1. The van der Waals surface area contributed by atoms with Crippen molar-refractivity contribution in [1.29, 1.82) is 0 Å². The Labute approximate surface area is 116 Å². The molecule has 2 N–H and O–H groups in total. The molecule has 0 aliphatic carbocycles. The van der Waals surface area contributed by atoms with Crippen LogP contribution >= 0.6 is 48.1 Å². The molecular formula is C9H16ClN3S3. The van der Waals surface area contributed by atoms with E-state index in [9.17, 15) is 0 Å². The van der Waals surface area contributed by atoms with Crippen molar-refractivity contribution in [3.8, 4) is 0 Å². The van der Waals surface area contributed by atoms with Gasteiger partial charge in [-0.25, -0.2) is 4.98 Å². The summed E-state index contributed by atoms with van der Waals surface area (Å²) in [6, 6.07) is 0. The zero-order valence-electron chi connectivity index (χ0n) is 9.28. The van der Waals surface area contributed by atoms with Crippen molar-refractivity contribution >= 4 is 52.5 Å². The van der Waals surface area contributed by atoms with Crippen LogP contribution in [-0.2, 0) is 5.75 Å². The molecule has 1 aromatic heterocycles. The second-order valence-electron chi connectivity index (χ2n) is 2.91. The molecule has 0 saturated carbocycles. The summed E-state index contributed by atoms with van der Waals surface area (Å²) >= 11 is 8.61. The minimum atomic E-state index is 0. The van der Waals surface area contributed by atoms with Crippen LogP contribution in [0.1, 0.15) is 11.4 Å². The number of H-pyrrole nitrogens is 1. The first-order valence-electron chi connectivity index (χ1n) is 4.65. The molecule has 0 aliphatic heterocycles. The highest BCUT2D eigenvalue weighted by atomic mass is 35.5. The van der Waals surface area contributed by atoms with Crippen molar-refractivity contribution in [2.75, 3.05) is 18.6 Å². The molecule has 92 valence electrons. The maximum Gasteiger partial charge on any atom is 0.133 e. The molecule has 0 spiro atoms. The number of hydrogen-bond donors (Lipinski definition) is 2. The summed E-state index contributed by atoms with van der Waals surface area (Å²) in [5.74, 6) is 3.12. The van der Waals surface area contributed by atoms with Gasteiger partial charge in [0.25, 0.3) is 0 Å². The van der Waals surface area contributed by atoms with Crippen LogP contribution in [0.4, 0.5) is 0 Å². The molecule has 7 heteroatoms. The van der Waals surface area contributed by atoms with E-state index >= 15 is 0 Å². The van der Waals surface area contributed by atoms with E-state index in [1.54, 1.807) is 18.1 Å². The molecule has 16 heavy (non-hydrogen) atoms. The van der Waals surface area contributed by atoms with Crippen molar-refractivity contribution in [3.05, 3.63) is 17.7 Å². The molecule has 3 nitrogen and oxygen atoms in total. The fourth-order valence-corrected chi connectivity index (χ4v) is 2.98. The van der Waals surface area contributed by atoms with Crippen LogP contribution in [0.2, 0.25) is 0 Å². The smallest absolute Gasteiger partial charge is 0.133 e. The molecular weight excluding hydrogens is 282 g/mol. The quantitative estimate of drug-likeness (QED) is 0.646. The van der Waals surface area contributed by atoms with Gasteiger partial charge >= 0.3 is 0 Å². The molecule has 0 saturated heterocycles. The van der Waals surface area contributed by atoms with Gasteiger partial charge < -0.3 is 10.3 Å². The summed E-state index contributed by atoms with van der Waals surface area (Å²) in [6.07, 6.45) is 1.75. The Morgan fingerprint density at radius 3 is 2.88 bits per heavy atom. The third-order valence-corrected chi connectivity index (χ3v) is 4.50. The van der Waals surface area contributed by atoms with Crippen LogP contribution < -0.4 is 5.32 Å². The van der Waals surface area contributed by atoms with Crippen LogP contribution in [0.3, 0.4) is 0 Å². The normalized spacial score (nSPS) is 9.62. The van der Waals surface area contributed by atoms with Crippen molar-refractivity contribution < 1.29 is 0 Å². The lowest BCUT2D eigenvalue weighted by molar-refractivity contribution is 1.19. The van der Waals surface area contributed by atoms with E-state index in [1.165, 1.54) is 5.69 Å². The maximum absolute atomic E-state index is 5.03. The number of thioether (sulfide) groups is 2. The molecule has 1 aromatic rings. The number of aromatic nitrogens is 2. The van der Waals surface area contributed by atoms with Gasteiger partial charge in [0, 0.05) is 30.0 Å². The number of aromatic amines is 1. The Bertz CT molecular complexity index is 317. The lowest BCUT2D eigenvalue weighted by Gasteiger charge is -2.02. The van der Waals surface area contributed by atoms with Crippen molar-refractivity contribution in [2.24, 2.45) is 0 Å². The molecule has 0 atom stereocenters. The predicted molar refractivity (Wildman–Crippen MR) is 80.9 cm³/mol. The summed E-state index contributed by atoms with van der Waals surface area (Å²) < 4.78 is 0.867. The predicted octanol–water partition coefficient (Wildman–Crippen LogP) is 2.61. The highest BCUT2D eigenvalue weighted by Gasteiger charge is 2.00. The van der Waals surface area contributed by atoms with E-state index in [2.05, 4.69) is 15.3 Å². The summed E-state index contributed by atoms with van der Waals surface area (Å²) in [4.78, 5) is 7.32. The fourth-order valence-electron chi connectivity index (χ4n) is 0.967. The highest BCUT2D eigenvalue weighted by Crippen LogP contribution is 2.14. The van der Waals surface area contributed by atoms with Crippen molar-refractivity contribution in [2.45, 2.75) is 12.7 Å². The number of nitrogens with one attached hydrogen (secondary N) is 2. The lowest BCUT2D eigenvalue weighted by atomic mass is 10.4. The summed E-state index contributed by atoms with van der Waals surface area (Å²) in [7, 11) is 1.86. The van der Waals surface area contributed by atoms with E-state index in [-0.39, 0.29) is 12.4 Å². The third kappa shape index (κ3) is 5.98. The molecule has 0 unspecified atom stereocenters. The van der Waals surface area contributed by atoms with Gasteiger partial charge in [0.15, 0.2) is 0 Å². The number of halogens is 1. The van der Waals surface area contributed by atoms with Gasteiger partial charge in [0.05, 0.1) is 12.0 Å². The van der Waals surface area contributed by atoms with Gasteiger partial charge in [-0.2, -0.15) is 11.8 Å². The van der Waals surface area contributed by atoms with E-state index in [1.807, 2.05) is 25.7 Å². The van der Waals surface area contributed by atoms with Crippen molar-refractivity contribution in [1.82, 2.24) is 15.3 Å². The Balaban J connectivity index is 0.00000225. The van der Waals surface area contributed by atoms with Gasteiger partial charge in [-0.05, 0) is 6.92 Å². The molecule has 0 aliphatic rings. The Kier molecular flexibility index (Phi) is 9.21. The Morgan fingerprint density at radius 1 is 1.56 bits per heavy atom. The second kappa shape index (κ2) is 9.15. The summed E-state index contributed by atoms with van der Waals surface area (Å²) in [5, 5.41) is 2.95. The number of aryl methyl sites for hydroxylation is 1. The van der Waals surface area contributed by atoms with Crippen molar-refractivity contribution in [3.63, 3.8) is 0 Å². The third-order valence-electron chi connectivity index (χ3n) is 1.84. The highest BCUT2D eigenvalue weighted by molar-refractivity contribution is 8.23. The van der Waals surface area contributed by atoms with Gasteiger partial charge in [0.1, 0.15) is 4.32 Å². The maximum atomic E-state index is 5.03. The summed E-state index contributed by atoms with van der Waals surface area (Å²) in [6.45, 7) is 2.05. The molecule has 0 aromatic carbocycles. The summed E-state index contributed by atoms with van der Waals surface area (Å²) in [5.41, 5.74) is 2.32. The standard InChI is InChI=1S/C9H15N3S3.ClH/c1-7-8(12-6-11-7)5-14-3-4-15-9(13)10-2;/h6H,3-5H2,1-2H3,(H,10,13)(H,11,12);1H. The number of hydrogen-bond acceptors (Lipinski definition) is 4. The molecule has 0 bridgehead atoms. The number of rotatable bonds is 5. The minimum Gasteiger partial charge on any atom is -0.374 e. The van der Waals surface area contributed by atoms with Gasteiger partial charge in [0.2, 0.25) is 0 Å². The fraction of sp³-hybridized carbons (Fsp3) is 0.556. The van der Waals surface area contributed by atoms with E-state index < -0.39 is 0 Å². The largest absolute Gasteiger partial charge is 0.374 e. The first-order chi connectivity index (χ1) is 7.24. The first kappa shape index (κ1) is 16.1. The van der Waals surface area contributed by atoms with Gasteiger partial charge in [-0.15, -0.1) is 12.4 Å². The zero-order valence-corrected chi connectivity index (χ0v) is 12.5. The Hall–Kier alpha value is 0.0900. The lowest BCUT2D eigenvalue weighted by Crippen LogP contribution is -2.11. The van der Waals surface area contributed by atoms with Crippen LogP contribution in [-0.4, -0.2) is 32.8 Å². The second-order valence-corrected chi connectivity index (χ2v) is 5.79. The first-order valence-corrected chi connectivity index (χ1v) is 7.20. The van der Waals surface area contributed by atoms with Gasteiger partial charge in [-0.3, -0.25) is 0 Å². The molecule has 1 rings (SSSR count). The molecule has 0 fully saturated rings. The molecule has 0 amide bonds. The van der Waals surface area contributed by atoms with E-state index in [0.29, 0.717) is 0 Å². The topological polar surface area (TPSA) is 40.7 Å². The average Bonchev–Trinajstić information content (AvgIpc) is 2.63. The van der Waals surface area contributed by atoms with E-state index in [4.69, 9.17) is 12.2 Å².